The molecule has 0 aliphatic heterocycles. The van der Waals surface area contributed by atoms with Crippen LogP contribution in [0.5, 0.6) is 5.75 Å². The number of hydrogen-bond donors (Lipinski definition) is 0. The van der Waals surface area contributed by atoms with Crippen molar-refractivity contribution in [3.63, 3.8) is 0 Å². The van der Waals surface area contributed by atoms with E-state index in [2.05, 4.69) is 79.4 Å². The van der Waals surface area contributed by atoms with Crippen LogP contribution in [0.1, 0.15) is 68.6 Å². The molecule has 0 N–H and O–H groups in total. The number of aryl methyl sites for hydroxylation is 1. The van der Waals surface area contributed by atoms with Gasteiger partial charge in [0.05, 0.1) is 6.61 Å². The van der Waals surface area contributed by atoms with Gasteiger partial charge >= 0.3 is 0 Å². The van der Waals surface area contributed by atoms with Gasteiger partial charge in [-0.15, -0.1) is 0 Å². The Labute approximate surface area is 170 Å². The standard InChI is InChI=1S/C27H32O/c1-3-7-22-10-12-23(13-11-22)8-5-6-9-24-14-16-25(17-15-24)26-18-20-27(21-19-26)28-4-2/h6,9-13,18-21,24-25H,3-4,7,14-17H2,1-2H3/b9-6+/t24-,25-. The summed E-state index contributed by atoms with van der Waals surface area (Å²) in [5, 5.41) is 0. The van der Waals surface area contributed by atoms with Crippen molar-refractivity contribution < 1.29 is 4.74 Å². The maximum atomic E-state index is 5.55. The van der Waals surface area contributed by atoms with Crippen LogP contribution in [0.3, 0.4) is 0 Å². The van der Waals surface area contributed by atoms with E-state index in [0.29, 0.717) is 11.8 Å². The molecular formula is C27H32O. The lowest BCUT2D eigenvalue weighted by Gasteiger charge is -2.27. The van der Waals surface area contributed by atoms with Gasteiger partial charge in [0.2, 0.25) is 0 Å². The molecule has 0 heterocycles. The van der Waals surface area contributed by atoms with Crippen LogP contribution in [0.4, 0.5) is 0 Å². The average molecular weight is 373 g/mol. The Hall–Kier alpha value is -2.46. The first-order chi connectivity index (χ1) is 13.8. The summed E-state index contributed by atoms with van der Waals surface area (Å²) in [6.07, 6.45) is 11.7. The third kappa shape index (κ3) is 6.03. The Kier molecular flexibility index (Phi) is 7.80. The zero-order chi connectivity index (χ0) is 19.6. The third-order valence-electron chi connectivity index (χ3n) is 5.60. The summed E-state index contributed by atoms with van der Waals surface area (Å²) in [5.41, 5.74) is 3.95. The molecule has 0 aromatic heterocycles. The van der Waals surface area contributed by atoms with Gasteiger partial charge in [-0.3, -0.25) is 0 Å². The van der Waals surface area contributed by atoms with Gasteiger partial charge in [-0.05, 0) is 92.3 Å². The van der Waals surface area contributed by atoms with Gasteiger partial charge < -0.3 is 4.74 Å². The molecule has 1 nitrogen and oxygen atoms in total. The summed E-state index contributed by atoms with van der Waals surface area (Å²) >= 11 is 0. The highest BCUT2D eigenvalue weighted by Crippen LogP contribution is 2.36. The van der Waals surface area contributed by atoms with Gasteiger partial charge in [0.25, 0.3) is 0 Å². The monoisotopic (exact) mass is 372 g/mol. The number of hydrogen-bond acceptors (Lipinski definition) is 1. The smallest absolute Gasteiger partial charge is 0.119 e. The van der Waals surface area contributed by atoms with Crippen LogP contribution in [0.15, 0.2) is 60.7 Å². The second kappa shape index (κ2) is 10.8. The van der Waals surface area contributed by atoms with E-state index in [4.69, 9.17) is 4.74 Å². The summed E-state index contributed by atoms with van der Waals surface area (Å²) in [5.74, 6) is 8.80. The summed E-state index contributed by atoms with van der Waals surface area (Å²) in [7, 11) is 0. The van der Waals surface area contributed by atoms with E-state index in [9.17, 15) is 0 Å². The average Bonchev–Trinajstić information content (AvgIpc) is 2.74. The molecule has 1 fully saturated rings. The fraction of sp³-hybridized carbons (Fsp3) is 0.407. The predicted molar refractivity (Wildman–Crippen MR) is 119 cm³/mol. The fourth-order valence-electron chi connectivity index (χ4n) is 4.00. The summed E-state index contributed by atoms with van der Waals surface area (Å²) in [4.78, 5) is 0. The van der Waals surface area contributed by atoms with E-state index in [1.807, 2.05) is 6.92 Å². The highest BCUT2D eigenvalue weighted by molar-refractivity contribution is 5.38. The molecule has 0 unspecified atom stereocenters. The predicted octanol–water partition coefficient (Wildman–Crippen LogP) is 6.92. The van der Waals surface area contributed by atoms with Crippen molar-refractivity contribution in [3.8, 4) is 17.6 Å². The maximum absolute atomic E-state index is 5.55. The molecule has 1 aliphatic rings. The van der Waals surface area contributed by atoms with Crippen molar-refractivity contribution in [1.29, 1.82) is 0 Å². The van der Waals surface area contributed by atoms with Gasteiger partial charge in [0.1, 0.15) is 5.75 Å². The van der Waals surface area contributed by atoms with Gasteiger partial charge in [-0.25, -0.2) is 0 Å². The van der Waals surface area contributed by atoms with Gasteiger partial charge in [-0.2, -0.15) is 0 Å². The van der Waals surface area contributed by atoms with E-state index >= 15 is 0 Å². The molecule has 2 aromatic carbocycles. The molecule has 1 heteroatoms. The van der Waals surface area contributed by atoms with Gasteiger partial charge in [-0.1, -0.05) is 55.5 Å². The van der Waals surface area contributed by atoms with Crippen LogP contribution in [-0.2, 0) is 6.42 Å². The number of benzene rings is 2. The van der Waals surface area contributed by atoms with Crippen LogP contribution in [0.25, 0.3) is 0 Å². The minimum atomic E-state index is 0.667. The molecule has 0 spiro atoms. The lowest BCUT2D eigenvalue weighted by molar-refractivity contribution is 0.339. The Morgan fingerprint density at radius 1 is 0.929 bits per heavy atom. The summed E-state index contributed by atoms with van der Waals surface area (Å²) in [6, 6.07) is 17.3. The molecule has 0 saturated heterocycles. The number of ether oxygens (including phenoxy) is 1. The van der Waals surface area contributed by atoms with Gasteiger partial charge in [0, 0.05) is 5.56 Å². The number of rotatable bonds is 6. The quantitative estimate of drug-likeness (QED) is 0.500. The SMILES string of the molecule is CCCc1ccc(C#C/C=C/[C@H]2CC[C@H](c3ccc(OCC)cc3)CC2)cc1. The molecule has 2 aromatic rings. The van der Waals surface area contributed by atoms with Crippen molar-refractivity contribution in [2.45, 2.75) is 58.3 Å². The summed E-state index contributed by atoms with van der Waals surface area (Å²) < 4.78 is 5.55. The van der Waals surface area contributed by atoms with Crippen LogP contribution in [-0.4, -0.2) is 6.61 Å². The first-order valence-corrected chi connectivity index (χ1v) is 10.8. The van der Waals surface area contributed by atoms with E-state index < -0.39 is 0 Å². The van der Waals surface area contributed by atoms with Crippen LogP contribution in [0.2, 0.25) is 0 Å². The molecular weight excluding hydrogens is 340 g/mol. The molecule has 0 atom stereocenters. The van der Waals surface area contributed by atoms with Crippen molar-refractivity contribution in [2.75, 3.05) is 6.61 Å². The fourth-order valence-corrected chi connectivity index (χ4v) is 4.00. The molecule has 3 rings (SSSR count). The van der Waals surface area contributed by atoms with Gasteiger partial charge in [0.15, 0.2) is 0 Å². The minimum Gasteiger partial charge on any atom is -0.494 e. The lowest BCUT2D eigenvalue weighted by Crippen LogP contribution is -2.11. The number of allylic oxidation sites excluding steroid dienone is 2. The van der Waals surface area contributed by atoms with Crippen molar-refractivity contribution in [1.82, 2.24) is 0 Å². The summed E-state index contributed by atoms with van der Waals surface area (Å²) in [6.45, 7) is 4.96. The molecule has 1 aliphatic carbocycles. The van der Waals surface area contributed by atoms with E-state index in [1.165, 1.54) is 43.2 Å². The Bertz CT molecular complexity index is 794. The first-order valence-electron chi connectivity index (χ1n) is 10.8. The van der Waals surface area contributed by atoms with Crippen LogP contribution < -0.4 is 4.74 Å². The molecule has 0 bridgehead atoms. The van der Waals surface area contributed by atoms with Crippen molar-refractivity contribution in [2.24, 2.45) is 5.92 Å². The molecule has 146 valence electrons. The Morgan fingerprint density at radius 3 is 2.29 bits per heavy atom. The molecule has 28 heavy (non-hydrogen) atoms. The zero-order valence-electron chi connectivity index (χ0n) is 17.3. The van der Waals surface area contributed by atoms with Crippen molar-refractivity contribution in [3.05, 3.63) is 77.4 Å². The van der Waals surface area contributed by atoms with Crippen molar-refractivity contribution >= 4 is 0 Å². The second-order valence-electron chi connectivity index (χ2n) is 7.69. The second-order valence-corrected chi connectivity index (χ2v) is 7.69. The Morgan fingerprint density at radius 2 is 1.64 bits per heavy atom. The molecule has 0 amide bonds. The normalized spacial score (nSPS) is 19.2. The van der Waals surface area contributed by atoms with E-state index in [0.717, 1.165) is 24.3 Å². The topological polar surface area (TPSA) is 9.23 Å². The highest BCUT2D eigenvalue weighted by atomic mass is 16.5. The van der Waals surface area contributed by atoms with E-state index in [1.54, 1.807) is 0 Å². The highest BCUT2D eigenvalue weighted by Gasteiger charge is 2.20. The first kappa shape index (κ1) is 20.3. The zero-order valence-corrected chi connectivity index (χ0v) is 17.3. The minimum absolute atomic E-state index is 0.667. The largest absolute Gasteiger partial charge is 0.494 e. The van der Waals surface area contributed by atoms with E-state index in [-0.39, 0.29) is 0 Å². The Balaban J connectivity index is 1.46. The third-order valence-corrected chi connectivity index (χ3v) is 5.60. The molecule has 0 radical (unpaired) electrons. The van der Waals surface area contributed by atoms with Crippen LogP contribution in [0, 0.1) is 17.8 Å². The molecule has 1 saturated carbocycles. The van der Waals surface area contributed by atoms with Crippen LogP contribution >= 0.6 is 0 Å². The lowest BCUT2D eigenvalue weighted by atomic mass is 9.78. The maximum Gasteiger partial charge on any atom is 0.119 e.